The van der Waals surface area contributed by atoms with E-state index in [2.05, 4.69) is 15.9 Å². The minimum Gasteiger partial charge on any atom is -0.480 e. The standard InChI is InChI=1S/C10H10BrNO3S/c11-8-4-3-7(16-8)9(13)12-5-1-2-6(12)10(14)15/h3-4,6H,1-2,5H2,(H,14,15)/t6-/m0/s1. The zero-order valence-electron chi connectivity index (χ0n) is 8.35. The number of aliphatic carboxylic acids is 1. The zero-order chi connectivity index (χ0) is 11.7. The lowest BCUT2D eigenvalue weighted by atomic mass is 10.2. The fourth-order valence-corrected chi connectivity index (χ4v) is 3.18. The van der Waals surface area contributed by atoms with Crippen LogP contribution in [0, 0.1) is 0 Å². The third-order valence-corrected chi connectivity index (χ3v) is 4.19. The van der Waals surface area contributed by atoms with E-state index >= 15 is 0 Å². The number of likely N-dealkylation sites (tertiary alicyclic amines) is 1. The average molecular weight is 304 g/mol. The van der Waals surface area contributed by atoms with E-state index in [1.54, 1.807) is 12.1 Å². The Bertz CT molecular complexity index is 431. The molecule has 1 aliphatic heterocycles. The van der Waals surface area contributed by atoms with Gasteiger partial charge in [-0.05, 0) is 40.9 Å². The van der Waals surface area contributed by atoms with Crippen LogP contribution in [0.2, 0.25) is 0 Å². The lowest BCUT2D eigenvalue weighted by Crippen LogP contribution is -2.40. The Kier molecular flexibility index (Phi) is 3.30. The van der Waals surface area contributed by atoms with Crippen molar-refractivity contribution in [3.05, 3.63) is 20.8 Å². The van der Waals surface area contributed by atoms with Gasteiger partial charge >= 0.3 is 5.97 Å². The maximum Gasteiger partial charge on any atom is 0.326 e. The predicted octanol–water partition coefficient (Wildman–Crippen LogP) is 2.20. The molecule has 1 amide bonds. The van der Waals surface area contributed by atoms with Gasteiger partial charge in [0.2, 0.25) is 0 Å². The Hall–Kier alpha value is -0.880. The van der Waals surface area contributed by atoms with Crippen LogP contribution in [0.4, 0.5) is 0 Å². The Morgan fingerprint density at radius 2 is 2.25 bits per heavy atom. The summed E-state index contributed by atoms with van der Waals surface area (Å²) in [6.45, 7) is 0.533. The van der Waals surface area contributed by atoms with Gasteiger partial charge in [-0.1, -0.05) is 0 Å². The van der Waals surface area contributed by atoms with Crippen LogP contribution in [0.3, 0.4) is 0 Å². The highest BCUT2D eigenvalue weighted by atomic mass is 79.9. The first-order valence-electron chi connectivity index (χ1n) is 4.88. The van der Waals surface area contributed by atoms with Crippen molar-refractivity contribution in [1.29, 1.82) is 0 Å². The third kappa shape index (κ3) is 2.12. The predicted molar refractivity (Wildman–Crippen MR) is 63.7 cm³/mol. The number of halogens is 1. The maximum absolute atomic E-state index is 12.0. The summed E-state index contributed by atoms with van der Waals surface area (Å²) in [6.07, 6.45) is 1.31. The smallest absolute Gasteiger partial charge is 0.326 e. The van der Waals surface area contributed by atoms with Crippen molar-refractivity contribution in [2.75, 3.05) is 6.54 Å². The number of carbonyl (C=O) groups is 2. The number of thiophene rings is 1. The molecule has 0 radical (unpaired) electrons. The molecule has 2 rings (SSSR count). The number of hydrogen-bond donors (Lipinski definition) is 1. The van der Waals surface area contributed by atoms with E-state index in [-0.39, 0.29) is 5.91 Å². The summed E-state index contributed by atoms with van der Waals surface area (Å²) in [6, 6.07) is 2.85. The molecule has 6 heteroatoms. The molecule has 0 aliphatic carbocycles. The van der Waals surface area contributed by atoms with Gasteiger partial charge in [0.1, 0.15) is 6.04 Å². The van der Waals surface area contributed by atoms with Gasteiger partial charge in [0.05, 0.1) is 8.66 Å². The van der Waals surface area contributed by atoms with E-state index in [4.69, 9.17) is 5.11 Å². The Morgan fingerprint density at radius 3 is 2.81 bits per heavy atom. The number of amides is 1. The summed E-state index contributed by atoms with van der Waals surface area (Å²) < 4.78 is 0.877. The van der Waals surface area contributed by atoms with Crippen LogP contribution in [0.25, 0.3) is 0 Å². The Morgan fingerprint density at radius 1 is 1.50 bits per heavy atom. The van der Waals surface area contributed by atoms with Crippen LogP contribution in [0.5, 0.6) is 0 Å². The van der Waals surface area contributed by atoms with Crippen LogP contribution in [0.1, 0.15) is 22.5 Å². The van der Waals surface area contributed by atoms with Crippen LogP contribution in [0.15, 0.2) is 15.9 Å². The van der Waals surface area contributed by atoms with Gasteiger partial charge in [-0.2, -0.15) is 0 Å². The molecule has 4 nitrogen and oxygen atoms in total. The zero-order valence-corrected chi connectivity index (χ0v) is 10.8. The molecule has 1 aromatic rings. The third-order valence-electron chi connectivity index (χ3n) is 2.58. The highest BCUT2D eigenvalue weighted by Gasteiger charge is 2.34. The minimum atomic E-state index is -0.915. The van der Waals surface area contributed by atoms with E-state index in [0.29, 0.717) is 17.8 Å². The molecule has 1 N–H and O–H groups in total. The van der Waals surface area contributed by atoms with Crippen LogP contribution < -0.4 is 0 Å². The first-order chi connectivity index (χ1) is 7.59. The largest absolute Gasteiger partial charge is 0.480 e. The second-order valence-electron chi connectivity index (χ2n) is 3.60. The number of nitrogens with zero attached hydrogens (tertiary/aromatic N) is 1. The lowest BCUT2D eigenvalue weighted by Gasteiger charge is -2.20. The van der Waals surface area contributed by atoms with Crippen molar-refractivity contribution in [1.82, 2.24) is 4.90 Å². The van der Waals surface area contributed by atoms with Gasteiger partial charge in [0, 0.05) is 6.54 Å². The van der Waals surface area contributed by atoms with E-state index in [0.717, 1.165) is 10.2 Å². The molecule has 1 atom stereocenters. The molecule has 0 spiro atoms. The van der Waals surface area contributed by atoms with Crippen molar-refractivity contribution in [3.63, 3.8) is 0 Å². The second-order valence-corrected chi connectivity index (χ2v) is 6.06. The van der Waals surface area contributed by atoms with Crippen molar-refractivity contribution in [2.24, 2.45) is 0 Å². The molecule has 1 fully saturated rings. The van der Waals surface area contributed by atoms with Gasteiger partial charge in [-0.25, -0.2) is 4.79 Å². The molecule has 16 heavy (non-hydrogen) atoms. The average Bonchev–Trinajstić information content (AvgIpc) is 2.84. The molecule has 0 bridgehead atoms. The number of carboxylic acids is 1. The summed E-state index contributed by atoms with van der Waals surface area (Å²) in [5.41, 5.74) is 0. The summed E-state index contributed by atoms with van der Waals surface area (Å²) in [5, 5.41) is 8.98. The van der Waals surface area contributed by atoms with Crippen molar-refractivity contribution in [3.8, 4) is 0 Å². The Balaban J connectivity index is 2.18. The second kappa shape index (κ2) is 4.55. The molecule has 0 aromatic carbocycles. The summed E-state index contributed by atoms with van der Waals surface area (Å²) >= 11 is 4.61. The molecular weight excluding hydrogens is 294 g/mol. The normalized spacial score (nSPS) is 20.1. The number of carboxylic acid groups (broad SMARTS) is 1. The molecule has 86 valence electrons. The number of rotatable bonds is 2. The molecular formula is C10H10BrNO3S. The molecule has 1 aromatic heterocycles. The topological polar surface area (TPSA) is 57.6 Å². The fourth-order valence-electron chi connectivity index (χ4n) is 1.84. The quantitative estimate of drug-likeness (QED) is 0.911. The first-order valence-corrected chi connectivity index (χ1v) is 6.49. The minimum absolute atomic E-state index is 0.180. The SMILES string of the molecule is O=C(O)[C@@H]1CCCN1C(=O)c1ccc(Br)s1. The molecule has 0 unspecified atom stereocenters. The summed E-state index contributed by atoms with van der Waals surface area (Å²) in [5.74, 6) is -1.10. The van der Waals surface area contributed by atoms with Crippen LogP contribution in [-0.4, -0.2) is 34.5 Å². The van der Waals surface area contributed by atoms with E-state index in [9.17, 15) is 9.59 Å². The van der Waals surface area contributed by atoms with Crippen molar-refractivity contribution < 1.29 is 14.7 Å². The van der Waals surface area contributed by atoms with Crippen molar-refractivity contribution in [2.45, 2.75) is 18.9 Å². The van der Waals surface area contributed by atoms with E-state index < -0.39 is 12.0 Å². The van der Waals surface area contributed by atoms with Gasteiger partial charge in [-0.15, -0.1) is 11.3 Å². The fraction of sp³-hybridized carbons (Fsp3) is 0.400. The van der Waals surface area contributed by atoms with Gasteiger partial charge < -0.3 is 10.0 Å². The van der Waals surface area contributed by atoms with Gasteiger partial charge in [0.15, 0.2) is 0 Å². The number of carbonyl (C=O) groups excluding carboxylic acids is 1. The van der Waals surface area contributed by atoms with E-state index in [1.165, 1.54) is 16.2 Å². The first kappa shape index (κ1) is 11.6. The Labute approximate surface area is 105 Å². The van der Waals surface area contributed by atoms with Crippen LogP contribution >= 0.6 is 27.3 Å². The van der Waals surface area contributed by atoms with Gasteiger partial charge in [0.25, 0.3) is 5.91 Å². The van der Waals surface area contributed by atoms with Gasteiger partial charge in [-0.3, -0.25) is 4.79 Å². The number of hydrogen-bond acceptors (Lipinski definition) is 3. The lowest BCUT2D eigenvalue weighted by molar-refractivity contribution is -0.141. The monoisotopic (exact) mass is 303 g/mol. The van der Waals surface area contributed by atoms with E-state index in [1.807, 2.05) is 0 Å². The summed E-state index contributed by atoms with van der Waals surface area (Å²) in [4.78, 5) is 25.0. The molecule has 1 aliphatic rings. The molecule has 0 saturated carbocycles. The maximum atomic E-state index is 12.0. The van der Waals surface area contributed by atoms with Crippen LogP contribution in [-0.2, 0) is 4.79 Å². The van der Waals surface area contributed by atoms with Crippen molar-refractivity contribution >= 4 is 39.1 Å². The highest BCUT2D eigenvalue weighted by Crippen LogP contribution is 2.26. The summed E-state index contributed by atoms with van der Waals surface area (Å²) in [7, 11) is 0. The highest BCUT2D eigenvalue weighted by molar-refractivity contribution is 9.11. The molecule has 2 heterocycles. The molecule has 1 saturated heterocycles.